The Kier molecular flexibility index (Phi) is 6.21. The van der Waals surface area contributed by atoms with Crippen LogP contribution in [0.4, 0.5) is 8.78 Å². The van der Waals surface area contributed by atoms with Gasteiger partial charge in [-0.2, -0.15) is 8.78 Å². The van der Waals surface area contributed by atoms with Gasteiger partial charge in [-0.25, -0.2) is 0 Å². The van der Waals surface area contributed by atoms with Gasteiger partial charge in [0.05, 0.1) is 0 Å². The van der Waals surface area contributed by atoms with Crippen LogP contribution in [0, 0.1) is 0 Å². The molecule has 0 aliphatic heterocycles. The van der Waals surface area contributed by atoms with Crippen LogP contribution >= 0.6 is 11.6 Å². The molecule has 0 aromatic rings. The molecular weight excluding hydrogens is 198 g/mol. The first-order valence-electron chi connectivity index (χ1n) is 4.58. The monoisotopic (exact) mass is 212 g/mol. The molecule has 0 rings (SSSR count). The lowest BCUT2D eigenvalue weighted by molar-refractivity contribution is -0.134. The summed E-state index contributed by atoms with van der Waals surface area (Å²) in [6.07, 6.45) is 3.77. The molecule has 4 heteroatoms. The van der Waals surface area contributed by atoms with Gasteiger partial charge in [0.1, 0.15) is 0 Å². The minimum atomic E-state index is -3.33. The van der Waals surface area contributed by atoms with E-state index in [1.54, 1.807) is 0 Å². The second kappa shape index (κ2) is 6.30. The quantitative estimate of drug-likeness (QED) is 0.464. The molecule has 0 spiro atoms. The fourth-order valence-corrected chi connectivity index (χ4v) is 1.14. The van der Waals surface area contributed by atoms with Gasteiger partial charge in [0, 0.05) is 6.42 Å². The topological polar surface area (TPSA) is 17.1 Å². The maximum Gasteiger partial charge on any atom is 0.320 e. The Morgan fingerprint density at radius 1 is 1.23 bits per heavy atom. The van der Waals surface area contributed by atoms with E-state index in [9.17, 15) is 13.6 Å². The van der Waals surface area contributed by atoms with Gasteiger partial charge in [-0.3, -0.25) is 4.79 Å². The number of rotatable bonds is 7. The average molecular weight is 213 g/mol. The molecule has 0 N–H and O–H groups in total. The highest BCUT2D eigenvalue weighted by atomic mass is 35.5. The van der Waals surface area contributed by atoms with Gasteiger partial charge < -0.3 is 0 Å². The molecule has 0 aromatic carbocycles. The van der Waals surface area contributed by atoms with Crippen LogP contribution in [0.3, 0.4) is 0 Å². The third kappa shape index (κ3) is 5.97. The van der Waals surface area contributed by atoms with E-state index in [2.05, 4.69) is 6.92 Å². The second-order valence-corrected chi connectivity index (χ2v) is 3.49. The van der Waals surface area contributed by atoms with E-state index in [0.29, 0.717) is 6.42 Å². The summed E-state index contributed by atoms with van der Waals surface area (Å²) in [6, 6.07) is 0. The zero-order chi connectivity index (χ0) is 10.3. The lowest BCUT2D eigenvalue weighted by Gasteiger charge is -2.10. The Hall–Kier alpha value is -0.180. The lowest BCUT2D eigenvalue weighted by atomic mass is 10.1. The van der Waals surface area contributed by atoms with E-state index >= 15 is 0 Å². The van der Waals surface area contributed by atoms with Crippen molar-refractivity contribution in [1.29, 1.82) is 0 Å². The second-order valence-electron chi connectivity index (χ2n) is 3.14. The first-order chi connectivity index (χ1) is 6.00. The maximum atomic E-state index is 12.6. The van der Waals surface area contributed by atoms with E-state index in [1.165, 1.54) is 0 Å². The van der Waals surface area contributed by atoms with Gasteiger partial charge in [0.25, 0.3) is 5.24 Å². The first kappa shape index (κ1) is 12.8. The molecule has 0 atom stereocenters. The molecular formula is C9H15ClF2O. The van der Waals surface area contributed by atoms with E-state index in [4.69, 9.17) is 11.6 Å². The molecule has 0 aromatic heterocycles. The van der Waals surface area contributed by atoms with Gasteiger partial charge in [-0.05, 0) is 18.0 Å². The molecule has 0 saturated heterocycles. The summed E-state index contributed by atoms with van der Waals surface area (Å²) >= 11 is 4.72. The Morgan fingerprint density at radius 2 is 1.77 bits per heavy atom. The third-order valence-electron chi connectivity index (χ3n) is 1.88. The Bertz CT molecular complexity index is 160. The van der Waals surface area contributed by atoms with Crippen LogP contribution < -0.4 is 0 Å². The van der Waals surface area contributed by atoms with Crippen molar-refractivity contribution in [2.24, 2.45) is 0 Å². The summed E-state index contributed by atoms with van der Waals surface area (Å²) in [5.74, 6) is -3.33. The standard InChI is InChI=1S/C9H15ClF2O/c1-2-3-4-5-6-7-9(11,12)8(10)13/h2-7H2,1H3. The molecule has 0 amide bonds. The summed E-state index contributed by atoms with van der Waals surface area (Å²) in [6.45, 7) is 2.05. The molecule has 78 valence electrons. The smallest absolute Gasteiger partial charge is 0.274 e. The van der Waals surface area contributed by atoms with Crippen molar-refractivity contribution in [1.82, 2.24) is 0 Å². The van der Waals surface area contributed by atoms with Crippen molar-refractivity contribution in [3.8, 4) is 0 Å². The molecule has 0 unspecified atom stereocenters. The van der Waals surface area contributed by atoms with Gasteiger partial charge in [-0.15, -0.1) is 0 Å². The highest BCUT2D eigenvalue weighted by molar-refractivity contribution is 6.65. The molecule has 0 fully saturated rings. The molecule has 0 aliphatic rings. The Balaban J connectivity index is 3.46. The summed E-state index contributed by atoms with van der Waals surface area (Å²) in [5, 5.41) is -1.54. The fourth-order valence-electron chi connectivity index (χ4n) is 1.05. The summed E-state index contributed by atoms with van der Waals surface area (Å²) in [4.78, 5) is 10.2. The van der Waals surface area contributed by atoms with E-state index in [0.717, 1.165) is 25.7 Å². The van der Waals surface area contributed by atoms with Crippen LogP contribution in [0.2, 0.25) is 0 Å². The molecule has 0 bridgehead atoms. The van der Waals surface area contributed by atoms with E-state index < -0.39 is 17.6 Å². The number of carbonyl (C=O) groups is 1. The van der Waals surface area contributed by atoms with Crippen molar-refractivity contribution in [2.75, 3.05) is 0 Å². The maximum absolute atomic E-state index is 12.6. The van der Waals surface area contributed by atoms with Crippen LogP contribution in [0.5, 0.6) is 0 Å². The highest BCUT2D eigenvalue weighted by Gasteiger charge is 2.36. The van der Waals surface area contributed by atoms with E-state index in [-0.39, 0.29) is 0 Å². The summed E-state index contributed by atoms with van der Waals surface area (Å²) in [7, 11) is 0. The Morgan fingerprint density at radius 3 is 2.23 bits per heavy atom. The molecule has 0 radical (unpaired) electrons. The summed E-state index contributed by atoms with van der Waals surface area (Å²) < 4.78 is 25.1. The van der Waals surface area contributed by atoms with Gasteiger partial charge in [0.15, 0.2) is 0 Å². The van der Waals surface area contributed by atoms with Crippen LogP contribution in [-0.4, -0.2) is 11.2 Å². The van der Waals surface area contributed by atoms with Crippen molar-refractivity contribution < 1.29 is 13.6 Å². The van der Waals surface area contributed by atoms with Crippen LogP contribution in [0.15, 0.2) is 0 Å². The zero-order valence-corrected chi connectivity index (χ0v) is 8.54. The largest absolute Gasteiger partial charge is 0.320 e. The van der Waals surface area contributed by atoms with Crippen LogP contribution in [0.1, 0.15) is 45.4 Å². The van der Waals surface area contributed by atoms with Crippen LogP contribution in [0.25, 0.3) is 0 Å². The van der Waals surface area contributed by atoms with Crippen LogP contribution in [-0.2, 0) is 4.79 Å². The number of unbranched alkanes of at least 4 members (excludes halogenated alkanes) is 4. The summed E-state index contributed by atoms with van der Waals surface area (Å²) in [5.41, 5.74) is 0. The van der Waals surface area contributed by atoms with Crippen molar-refractivity contribution in [2.45, 2.75) is 51.4 Å². The molecule has 1 nitrogen and oxygen atoms in total. The van der Waals surface area contributed by atoms with Gasteiger partial charge in [0.2, 0.25) is 0 Å². The lowest BCUT2D eigenvalue weighted by Crippen LogP contribution is -2.23. The van der Waals surface area contributed by atoms with Crippen molar-refractivity contribution in [3.63, 3.8) is 0 Å². The number of alkyl halides is 2. The minimum Gasteiger partial charge on any atom is -0.274 e. The third-order valence-corrected chi connectivity index (χ3v) is 2.16. The highest BCUT2D eigenvalue weighted by Crippen LogP contribution is 2.24. The number of carbonyl (C=O) groups excluding carboxylic acids is 1. The Labute approximate surface area is 82.5 Å². The predicted molar refractivity (Wildman–Crippen MR) is 49.2 cm³/mol. The molecule has 0 aliphatic carbocycles. The van der Waals surface area contributed by atoms with E-state index in [1.807, 2.05) is 0 Å². The molecule has 13 heavy (non-hydrogen) atoms. The van der Waals surface area contributed by atoms with Crippen molar-refractivity contribution >= 4 is 16.8 Å². The first-order valence-corrected chi connectivity index (χ1v) is 4.96. The average Bonchev–Trinajstić information content (AvgIpc) is 2.03. The molecule has 0 saturated carbocycles. The SMILES string of the molecule is CCCCCCCC(F)(F)C(=O)Cl. The fraction of sp³-hybridized carbons (Fsp3) is 0.889. The van der Waals surface area contributed by atoms with Gasteiger partial charge >= 0.3 is 5.92 Å². The molecule has 0 heterocycles. The number of hydrogen-bond donors (Lipinski definition) is 0. The predicted octanol–water partition coefficient (Wildman–Crippen LogP) is 3.75. The number of halogens is 3. The van der Waals surface area contributed by atoms with Gasteiger partial charge in [-0.1, -0.05) is 32.6 Å². The number of hydrogen-bond acceptors (Lipinski definition) is 1. The normalized spacial score (nSPS) is 11.7. The zero-order valence-electron chi connectivity index (χ0n) is 7.78. The van der Waals surface area contributed by atoms with Crippen molar-refractivity contribution in [3.05, 3.63) is 0 Å². The minimum absolute atomic E-state index is 0.367.